The van der Waals surface area contributed by atoms with E-state index in [1.165, 1.54) is 5.56 Å². The predicted molar refractivity (Wildman–Crippen MR) is 124 cm³/mol. The number of hydrogen-bond acceptors (Lipinski definition) is 4. The lowest BCUT2D eigenvalue weighted by Gasteiger charge is -2.34. The molecule has 4 rings (SSSR count). The fourth-order valence-electron chi connectivity index (χ4n) is 4.65. The molecule has 2 unspecified atom stereocenters. The van der Waals surface area contributed by atoms with E-state index >= 15 is 0 Å². The van der Waals surface area contributed by atoms with Crippen LogP contribution in [-0.4, -0.2) is 44.6 Å². The summed E-state index contributed by atoms with van der Waals surface area (Å²) in [5.74, 6) is -0.564. The smallest absolute Gasteiger partial charge is 0.250 e. The SMILES string of the molecule is Cc1nn(CC(C)C(=O)N2CCCC(c3nc4ccccc4cc3C(N)=O)C2)c(C)c1C. The second kappa shape index (κ2) is 8.73. The van der Waals surface area contributed by atoms with E-state index in [2.05, 4.69) is 12.0 Å². The van der Waals surface area contributed by atoms with E-state index in [4.69, 9.17) is 10.7 Å². The van der Waals surface area contributed by atoms with Crippen molar-refractivity contribution in [3.63, 3.8) is 0 Å². The molecule has 1 aliphatic rings. The number of likely N-dealkylation sites (tertiary alicyclic amines) is 1. The van der Waals surface area contributed by atoms with Crippen LogP contribution in [0.4, 0.5) is 0 Å². The number of aromatic nitrogens is 3. The Balaban J connectivity index is 1.55. The third kappa shape index (κ3) is 4.11. The number of hydrogen-bond donors (Lipinski definition) is 1. The van der Waals surface area contributed by atoms with Crippen molar-refractivity contribution >= 4 is 22.7 Å². The quantitative estimate of drug-likeness (QED) is 0.666. The van der Waals surface area contributed by atoms with Crippen LogP contribution < -0.4 is 5.73 Å². The van der Waals surface area contributed by atoms with Gasteiger partial charge in [0.1, 0.15) is 0 Å². The van der Waals surface area contributed by atoms with Gasteiger partial charge in [0.2, 0.25) is 5.91 Å². The van der Waals surface area contributed by atoms with Crippen molar-refractivity contribution in [1.29, 1.82) is 0 Å². The molecular formula is C25H31N5O2. The first-order chi connectivity index (χ1) is 15.3. The van der Waals surface area contributed by atoms with E-state index in [-0.39, 0.29) is 17.7 Å². The van der Waals surface area contributed by atoms with Gasteiger partial charge in [0, 0.05) is 30.1 Å². The zero-order valence-corrected chi connectivity index (χ0v) is 19.3. The lowest BCUT2D eigenvalue weighted by atomic mass is 9.90. The average molecular weight is 434 g/mol. The first-order valence-electron chi connectivity index (χ1n) is 11.2. The molecule has 2 atom stereocenters. The van der Waals surface area contributed by atoms with Gasteiger partial charge >= 0.3 is 0 Å². The van der Waals surface area contributed by atoms with Crippen LogP contribution in [0.2, 0.25) is 0 Å². The molecule has 3 aromatic rings. The number of amides is 2. The summed E-state index contributed by atoms with van der Waals surface area (Å²) in [5, 5.41) is 5.48. The maximum atomic E-state index is 13.3. The van der Waals surface area contributed by atoms with Gasteiger partial charge in [0.25, 0.3) is 5.91 Å². The summed E-state index contributed by atoms with van der Waals surface area (Å²) in [6, 6.07) is 9.54. The van der Waals surface area contributed by atoms with Crippen molar-refractivity contribution in [1.82, 2.24) is 19.7 Å². The highest BCUT2D eigenvalue weighted by Crippen LogP contribution is 2.31. The van der Waals surface area contributed by atoms with Crippen LogP contribution in [0.1, 0.15) is 58.7 Å². The lowest BCUT2D eigenvalue weighted by molar-refractivity contribution is -0.136. The minimum atomic E-state index is -0.477. The number of para-hydroxylation sites is 1. The fraction of sp³-hybridized carbons (Fsp3) is 0.440. The van der Waals surface area contributed by atoms with Gasteiger partial charge in [-0.1, -0.05) is 25.1 Å². The summed E-state index contributed by atoms with van der Waals surface area (Å²) in [7, 11) is 0. The van der Waals surface area contributed by atoms with E-state index in [1.807, 2.05) is 60.7 Å². The Hall–Kier alpha value is -3.22. The fourth-order valence-corrected chi connectivity index (χ4v) is 4.65. The van der Waals surface area contributed by atoms with Crippen molar-refractivity contribution in [3.8, 4) is 0 Å². The summed E-state index contributed by atoms with van der Waals surface area (Å²) in [6.45, 7) is 9.87. The van der Waals surface area contributed by atoms with E-state index in [1.54, 1.807) is 0 Å². The zero-order chi connectivity index (χ0) is 23.0. The van der Waals surface area contributed by atoms with Gasteiger partial charge in [-0.2, -0.15) is 5.10 Å². The second-order valence-electron chi connectivity index (χ2n) is 8.98. The zero-order valence-electron chi connectivity index (χ0n) is 19.3. The molecule has 1 aliphatic heterocycles. The molecule has 1 fully saturated rings. The van der Waals surface area contributed by atoms with Crippen molar-refractivity contribution in [3.05, 3.63) is 58.5 Å². The van der Waals surface area contributed by atoms with Gasteiger partial charge in [-0.3, -0.25) is 19.3 Å². The molecule has 0 aliphatic carbocycles. The number of aryl methyl sites for hydroxylation is 1. The standard InChI is InChI=1S/C25H31N5O2/c1-15(13-30-18(4)16(2)17(3)28-30)25(32)29-11-7-9-20(14-29)23-21(24(26)31)12-19-8-5-6-10-22(19)27-23/h5-6,8,10,12,15,20H,7,9,11,13-14H2,1-4H3,(H2,26,31). The molecule has 0 spiro atoms. The van der Waals surface area contributed by atoms with Crippen LogP contribution in [0.25, 0.3) is 10.9 Å². The average Bonchev–Trinajstić information content (AvgIpc) is 3.04. The van der Waals surface area contributed by atoms with E-state index in [9.17, 15) is 9.59 Å². The molecule has 3 heterocycles. The molecule has 0 radical (unpaired) electrons. The molecule has 1 saturated heterocycles. The molecule has 1 aromatic carbocycles. The summed E-state index contributed by atoms with van der Waals surface area (Å²) >= 11 is 0. The second-order valence-corrected chi connectivity index (χ2v) is 8.98. The maximum absolute atomic E-state index is 13.3. The normalized spacial score (nSPS) is 17.5. The van der Waals surface area contributed by atoms with Crippen molar-refractivity contribution < 1.29 is 9.59 Å². The Labute approximate surface area is 188 Å². The summed E-state index contributed by atoms with van der Waals surface area (Å²) in [4.78, 5) is 32.2. The highest BCUT2D eigenvalue weighted by molar-refractivity contribution is 5.97. The summed E-state index contributed by atoms with van der Waals surface area (Å²) in [5.41, 5.74) is 11.0. The van der Waals surface area contributed by atoms with Crippen LogP contribution in [0, 0.1) is 26.7 Å². The minimum Gasteiger partial charge on any atom is -0.366 e. The first-order valence-corrected chi connectivity index (χ1v) is 11.2. The molecule has 7 heteroatoms. The number of nitrogens with zero attached hydrogens (tertiary/aromatic N) is 4. The van der Waals surface area contributed by atoms with Gasteiger partial charge < -0.3 is 10.6 Å². The topological polar surface area (TPSA) is 94.1 Å². The number of rotatable bonds is 5. The molecule has 7 nitrogen and oxygen atoms in total. The maximum Gasteiger partial charge on any atom is 0.250 e. The number of pyridine rings is 1. The highest BCUT2D eigenvalue weighted by atomic mass is 16.2. The van der Waals surface area contributed by atoms with Crippen LogP contribution in [0.3, 0.4) is 0 Å². The number of carbonyl (C=O) groups is 2. The molecular weight excluding hydrogens is 402 g/mol. The molecule has 2 aromatic heterocycles. The van der Waals surface area contributed by atoms with E-state index in [0.717, 1.165) is 41.7 Å². The van der Waals surface area contributed by atoms with Gasteiger partial charge in [-0.25, -0.2) is 0 Å². The van der Waals surface area contributed by atoms with Gasteiger partial charge in [0.05, 0.1) is 34.9 Å². The molecule has 2 N–H and O–H groups in total. The van der Waals surface area contributed by atoms with Crippen molar-refractivity contribution in [2.24, 2.45) is 11.7 Å². The van der Waals surface area contributed by atoms with E-state index in [0.29, 0.717) is 24.3 Å². The number of carbonyl (C=O) groups excluding carboxylic acids is 2. The van der Waals surface area contributed by atoms with Crippen molar-refractivity contribution in [2.45, 2.75) is 53.0 Å². The van der Waals surface area contributed by atoms with Gasteiger partial charge in [0.15, 0.2) is 0 Å². The summed E-state index contributed by atoms with van der Waals surface area (Å²) < 4.78 is 1.94. The highest BCUT2D eigenvalue weighted by Gasteiger charge is 2.31. The Morgan fingerprint density at radius 2 is 1.97 bits per heavy atom. The van der Waals surface area contributed by atoms with Crippen LogP contribution in [0.5, 0.6) is 0 Å². The van der Waals surface area contributed by atoms with Crippen LogP contribution in [-0.2, 0) is 11.3 Å². The Kier molecular flexibility index (Phi) is 6.00. The number of benzene rings is 1. The van der Waals surface area contributed by atoms with Crippen LogP contribution in [0.15, 0.2) is 30.3 Å². The number of primary amides is 1. The molecule has 0 bridgehead atoms. The monoisotopic (exact) mass is 433 g/mol. The third-order valence-electron chi connectivity index (χ3n) is 6.75. The van der Waals surface area contributed by atoms with Gasteiger partial charge in [-0.15, -0.1) is 0 Å². The first kappa shape index (κ1) is 22.0. The van der Waals surface area contributed by atoms with Gasteiger partial charge in [-0.05, 0) is 51.3 Å². The predicted octanol–water partition coefficient (Wildman–Crippen LogP) is 3.50. The minimum absolute atomic E-state index is 0.0112. The Bertz CT molecular complexity index is 1180. The molecule has 2 amide bonds. The largest absolute Gasteiger partial charge is 0.366 e. The number of fused-ring (bicyclic) bond motifs is 1. The third-order valence-corrected chi connectivity index (χ3v) is 6.75. The number of piperidine rings is 1. The lowest BCUT2D eigenvalue weighted by Crippen LogP contribution is -2.43. The Morgan fingerprint density at radius 3 is 2.66 bits per heavy atom. The summed E-state index contributed by atoms with van der Waals surface area (Å²) in [6.07, 6.45) is 1.75. The van der Waals surface area contributed by atoms with Crippen LogP contribution >= 0.6 is 0 Å². The van der Waals surface area contributed by atoms with Crippen molar-refractivity contribution in [2.75, 3.05) is 13.1 Å². The molecule has 0 saturated carbocycles. The number of nitrogens with two attached hydrogens (primary N) is 1. The molecule has 32 heavy (non-hydrogen) atoms. The Morgan fingerprint density at radius 1 is 1.22 bits per heavy atom. The van der Waals surface area contributed by atoms with E-state index < -0.39 is 5.91 Å². The molecule has 168 valence electrons.